The van der Waals surface area contributed by atoms with Crippen molar-refractivity contribution in [2.45, 2.75) is 6.54 Å². The third kappa shape index (κ3) is 5.67. The van der Waals surface area contributed by atoms with E-state index < -0.39 is 24.4 Å². The second-order valence-electron chi connectivity index (χ2n) is 6.63. The summed E-state index contributed by atoms with van der Waals surface area (Å²) in [5.41, 5.74) is 0.558. The van der Waals surface area contributed by atoms with E-state index in [9.17, 15) is 19.2 Å². The van der Waals surface area contributed by atoms with Crippen LogP contribution in [0, 0.1) is 0 Å². The number of esters is 1. The Hall–Kier alpha value is -3.72. The number of halogens is 1. The van der Waals surface area contributed by atoms with Crippen molar-refractivity contribution in [2.24, 2.45) is 0 Å². The largest absolute Gasteiger partial charge is 0.454 e. The molecule has 1 aromatic heterocycles. The average Bonchev–Trinajstić information content (AvgIpc) is 2.75. The van der Waals surface area contributed by atoms with Crippen LogP contribution in [0.3, 0.4) is 0 Å². The minimum absolute atomic E-state index is 0.254. The number of likely N-dealkylation sites (N-methyl/N-ethyl adjacent to an activating group) is 1. The van der Waals surface area contributed by atoms with E-state index in [1.54, 1.807) is 48.5 Å². The van der Waals surface area contributed by atoms with Gasteiger partial charge in [0.25, 0.3) is 11.5 Å². The second kappa shape index (κ2) is 9.86. The molecule has 0 saturated carbocycles. The van der Waals surface area contributed by atoms with E-state index in [0.717, 1.165) is 9.47 Å². The predicted molar refractivity (Wildman–Crippen MR) is 115 cm³/mol. The van der Waals surface area contributed by atoms with Gasteiger partial charge in [0, 0.05) is 7.05 Å². The van der Waals surface area contributed by atoms with Gasteiger partial charge in [-0.1, -0.05) is 35.9 Å². The second-order valence-corrected chi connectivity index (χ2v) is 7.04. The molecule has 0 bridgehead atoms. The van der Waals surface area contributed by atoms with Gasteiger partial charge in [-0.3, -0.25) is 23.7 Å². The summed E-state index contributed by atoms with van der Waals surface area (Å²) in [6.45, 7) is -1.21. The Bertz CT molecular complexity index is 1190. The topological polar surface area (TPSA) is 111 Å². The lowest BCUT2D eigenvalue weighted by molar-refractivity contribution is -0.152. The van der Waals surface area contributed by atoms with Crippen molar-refractivity contribution >= 4 is 46.0 Å². The maximum atomic E-state index is 12.4. The molecule has 0 radical (unpaired) electrons. The van der Waals surface area contributed by atoms with Crippen LogP contribution >= 0.6 is 11.6 Å². The standard InChI is InChI=1S/C21H19ClN4O5/c1-25(10-18(27)24-17-9-5-3-7-15(17)22)19(28)12-31-20(29)11-26-13-23-16-8-4-2-6-14(16)21(26)30/h2-9,13H,10-12H2,1H3,(H,24,27). The Morgan fingerprint density at radius 1 is 1.13 bits per heavy atom. The Morgan fingerprint density at radius 3 is 2.61 bits per heavy atom. The molecule has 0 spiro atoms. The number of hydrogen-bond acceptors (Lipinski definition) is 6. The van der Waals surface area contributed by atoms with Crippen molar-refractivity contribution in [3.8, 4) is 0 Å². The molecule has 0 atom stereocenters. The fraction of sp³-hybridized carbons (Fsp3) is 0.190. The van der Waals surface area contributed by atoms with E-state index in [1.807, 2.05) is 0 Å². The van der Waals surface area contributed by atoms with Gasteiger partial charge in [-0.25, -0.2) is 4.98 Å². The number of carbonyl (C=O) groups excluding carboxylic acids is 3. The third-order valence-electron chi connectivity index (χ3n) is 4.34. The monoisotopic (exact) mass is 442 g/mol. The van der Waals surface area contributed by atoms with E-state index in [4.69, 9.17) is 16.3 Å². The maximum absolute atomic E-state index is 12.4. The normalized spacial score (nSPS) is 10.5. The molecule has 0 fully saturated rings. The van der Waals surface area contributed by atoms with Gasteiger partial charge < -0.3 is 15.0 Å². The zero-order chi connectivity index (χ0) is 22.4. The highest BCUT2D eigenvalue weighted by Gasteiger charge is 2.16. The van der Waals surface area contributed by atoms with Crippen LogP contribution in [0.5, 0.6) is 0 Å². The van der Waals surface area contributed by atoms with Crippen LogP contribution in [0.2, 0.25) is 5.02 Å². The lowest BCUT2D eigenvalue weighted by Gasteiger charge is -2.17. The number of fused-ring (bicyclic) bond motifs is 1. The molecule has 31 heavy (non-hydrogen) atoms. The van der Waals surface area contributed by atoms with Gasteiger partial charge >= 0.3 is 5.97 Å². The molecule has 1 heterocycles. The molecule has 9 nitrogen and oxygen atoms in total. The number of carbonyl (C=O) groups is 3. The summed E-state index contributed by atoms with van der Waals surface area (Å²) in [7, 11) is 1.40. The van der Waals surface area contributed by atoms with Crippen LogP contribution in [0.15, 0.2) is 59.7 Å². The zero-order valence-electron chi connectivity index (χ0n) is 16.6. The van der Waals surface area contributed by atoms with Gasteiger partial charge in [0.1, 0.15) is 6.54 Å². The van der Waals surface area contributed by atoms with Crippen molar-refractivity contribution in [3.05, 3.63) is 70.2 Å². The number of hydrogen-bond donors (Lipinski definition) is 1. The molecule has 10 heteroatoms. The van der Waals surface area contributed by atoms with Crippen molar-refractivity contribution < 1.29 is 19.1 Å². The molecule has 3 aromatic rings. The number of anilines is 1. The van der Waals surface area contributed by atoms with E-state index in [0.29, 0.717) is 21.6 Å². The number of rotatable bonds is 7. The molecule has 3 rings (SSSR count). The summed E-state index contributed by atoms with van der Waals surface area (Å²) < 4.78 is 6.05. The van der Waals surface area contributed by atoms with Crippen molar-refractivity contribution in [1.82, 2.24) is 14.5 Å². The maximum Gasteiger partial charge on any atom is 0.326 e. The highest BCUT2D eigenvalue weighted by atomic mass is 35.5. The number of benzene rings is 2. The summed E-state index contributed by atoms with van der Waals surface area (Å²) >= 11 is 5.98. The van der Waals surface area contributed by atoms with Crippen LogP contribution in [0.1, 0.15) is 0 Å². The van der Waals surface area contributed by atoms with Gasteiger partial charge in [-0.05, 0) is 24.3 Å². The van der Waals surface area contributed by atoms with Crippen LogP contribution in [0.25, 0.3) is 10.9 Å². The molecular formula is C21H19ClN4O5. The molecule has 0 aliphatic heterocycles. The average molecular weight is 443 g/mol. The van der Waals surface area contributed by atoms with Crippen molar-refractivity contribution in [2.75, 3.05) is 25.5 Å². The third-order valence-corrected chi connectivity index (χ3v) is 4.67. The molecule has 0 aliphatic carbocycles. The fourth-order valence-electron chi connectivity index (χ4n) is 2.71. The number of aromatic nitrogens is 2. The van der Waals surface area contributed by atoms with E-state index in [2.05, 4.69) is 10.3 Å². The Kier molecular flexibility index (Phi) is 6.99. The van der Waals surface area contributed by atoms with Crippen LogP contribution in [-0.2, 0) is 25.7 Å². The Balaban J connectivity index is 1.50. The molecule has 0 aliphatic rings. The molecule has 1 N–H and O–H groups in total. The number of nitrogens with one attached hydrogen (secondary N) is 1. The minimum atomic E-state index is -0.776. The van der Waals surface area contributed by atoms with E-state index in [-0.39, 0.29) is 18.6 Å². The van der Waals surface area contributed by atoms with Crippen molar-refractivity contribution in [1.29, 1.82) is 0 Å². The molecule has 2 amide bonds. The first-order valence-electron chi connectivity index (χ1n) is 9.23. The highest BCUT2D eigenvalue weighted by molar-refractivity contribution is 6.33. The molecule has 2 aromatic carbocycles. The smallest absolute Gasteiger partial charge is 0.326 e. The van der Waals surface area contributed by atoms with Crippen LogP contribution in [-0.4, -0.2) is 52.4 Å². The minimum Gasteiger partial charge on any atom is -0.454 e. The van der Waals surface area contributed by atoms with Crippen molar-refractivity contribution in [3.63, 3.8) is 0 Å². The van der Waals surface area contributed by atoms with E-state index in [1.165, 1.54) is 13.4 Å². The first-order chi connectivity index (χ1) is 14.8. The fourth-order valence-corrected chi connectivity index (χ4v) is 2.89. The summed E-state index contributed by atoms with van der Waals surface area (Å²) in [4.78, 5) is 53.9. The Morgan fingerprint density at radius 2 is 1.84 bits per heavy atom. The van der Waals surface area contributed by atoms with Crippen LogP contribution < -0.4 is 10.9 Å². The quantitative estimate of drug-likeness (QED) is 0.557. The molecular weight excluding hydrogens is 424 g/mol. The number of amides is 2. The number of nitrogens with zero attached hydrogens (tertiary/aromatic N) is 3. The van der Waals surface area contributed by atoms with Gasteiger partial charge in [0.05, 0.1) is 34.5 Å². The first-order valence-corrected chi connectivity index (χ1v) is 9.61. The predicted octanol–water partition coefficient (Wildman–Crippen LogP) is 1.69. The van der Waals surface area contributed by atoms with Gasteiger partial charge in [-0.2, -0.15) is 0 Å². The lowest BCUT2D eigenvalue weighted by atomic mass is 10.2. The summed E-state index contributed by atoms with van der Waals surface area (Å²) in [5, 5.41) is 3.34. The van der Waals surface area contributed by atoms with Gasteiger partial charge in [-0.15, -0.1) is 0 Å². The highest BCUT2D eigenvalue weighted by Crippen LogP contribution is 2.20. The van der Waals surface area contributed by atoms with Gasteiger partial charge in [0.2, 0.25) is 5.91 Å². The number of para-hydroxylation sites is 2. The SMILES string of the molecule is CN(CC(=O)Nc1ccccc1Cl)C(=O)COC(=O)Cn1cnc2ccccc2c1=O. The van der Waals surface area contributed by atoms with E-state index >= 15 is 0 Å². The van der Waals surface area contributed by atoms with Crippen LogP contribution in [0.4, 0.5) is 5.69 Å². The molecule has 0 unspecified atom stereocenters. The summed E-state index contributed by atoms with van der Waals surface area (Å²) in [6.07, 6.45) is 1.25. The number of ether oxygens (including phenoxy) is 1. The first kappa shape index (κ1) is 22.0. The molecule has 0 saturated heterocycles. The Labute approximate surface area is 182 Å². The zero-order valence-corrected chi connectivity index (χ0v) is 17.3. The molecule has 160 valence electrons. The van der Waals surface area contributed by atoms with Gasteiger partial charge in [0.15, 0.2) is 6.61 Å². The summed E-state index contributed by atoms with van der Waals surface area (Å²) in [6, 6.07) is 13.5. The summed E-state index contributed by atoms with van der Waals surface area (Å²) in [5.74, 6) is -1.81. The lowest BCUT2D eigenvalue weighted by Crippen LogP contribution is -2.38.